The predicted octanol–water partition coefficient (Wildman–Crippen LogP) is 3.30. The summed E-state index contributed by atoms with van der Waals surface area (Å²) in [5.74, 6) is -0.701. The summed E-state index contributed by atoms with van der Waals surface area (Å²) in [5.41, 5.74) is 8.83. The van der Waals surface area contributed by atoms with Crippen molar-refractivity contribution in [1.82, 2.24) is 14.9 Å². The molecule has 0 aliphatic carbocycles. The molecule has 1 aromatic heterocycles. The van der Waals surface area contributed by atoms with Crippen molar-refractivity contribution in [3.8, 4) is 11.3 Å². The van der Waals surface area contributed by atoms with Gasteiger partial charge in [0.05, 0.1) is 24.5 Å². The van der Waals surface area contributed by atoms with Crippen LogP contribution in [0.3, 0.4) is 0 Å². The third-order valence-corrected chi connectivity index (χ3v) is 5.66. The zero-order valence-corrected chi connectivity index (χ0v) is 18.1. The van der Waals surface area contributed by atoms with E-state index in [1.54, 1.807) is 53.7 Å². The van der Waals surface area contributed by atoms with E-state index in [-0.39, 0.29) is 11.7 Å². The first-order valence-corrected chi connectivity index (χ1v) is 10.9. The highest BCUT2D eigenvalue weighted by molar-refractivity contribution is 5.93. The van der Waals surface area contributed by atoms with Crippen LogP contribution in [0.1, 0.15) is 40.6 Å². The molecule has 0 bridgehead atoms. The molecule has 0 unspecified atom stereocenters. The minimum Gasteiger partial charge on any atom is -0.368 e. The SMILES string of the molecule is NC(=O)c1ccc(-c2nccnc2[C@H]2CN(C(=O)CCCc3ccc(F)cc3)CCO2)cc1. The van der Waals surface area contributed by atoms with Crippen LogP contribution in [0, 0.1) is 5.82 Å². The van der Waals surface area contributed by atoms with Crippen molar-refractivity contribution in [3.63, 3.8) is 0 Å². The molecule has 1 fully saturated rings. The highest BCUT2D eigenvalue weighted by Crippen LogP contribution is 2.29. The Hall–Kier alpha value is -3.65. The maximum Gasteiger partial charge on any atom is 0.248 e. The number of hydrogen-bond acceptors (Lipinski definition) is 5. The topological polar surface area (TPSA) is 98.4 Å². The molecule has 1 saturated heterocycles. The van der Waals surface area contributed by atoms with E-state index in [0.29, 0.717) is 49.5 Å². The second-order valence-corrected chi connectivity index (χ2v) is 7.91. The van der Waals surface area contributed by atoms with E-state index in [1.807, 2.05) is 0 Å². The van der Waals surface area contributed by atoms with Gasteiger partial charge in [-0.15, -0.1) is 0 Å². The average molecular weight is 448 g/mol. The predicted molar refractivity (Wildman–Crippen MR) is 121 cm³/mol. The zero-order chi connectivity index (χ0) is 23.2. The molecule has 4 rings (SSSR count). The highest BCUT2D eigenvalue weighted by atomic mass is 19.1. The number of benzene rings is 2. The lowest BCUT2D eigenvalue weighted by atomic mass is 10.0. The number of ether oxygens (including phenoxy) is 1. The summed E-state index contributed by atoms with van der Waals surface area (Å²) in [7, 11) is 0. The molecule has 2 heterocycles. The van der Waals surface area contributed by atoms with Gasteiger partial charge in [0.2, 0.25) is 11.8 Å². The van der Waals surface area contributed by atoms with Gasteiger partial charge in [-0.1, -0.05) is 24.3 Å². The molecule has 7 nitrogen and oxygen atoms in total. The van der Waals surface area contributed by atoms with Crippen LogP contribution in [0.25, 0.3) is 11.3 Å². The fraction of sp³-hybridized carbons (Fsp3) is 0.280. The lowest BCUT2D eigenvalue weighted by molar-refractivity contribution is -0.139. The number of carbonyl (C=O) groups is 2. The first kappa shape index (κ1) is 22.5. The second kappa shape index (κ2) is 10.3. The Labute approximate surface area is 191 Å². The third-order valence-electron chi connectivity index (χ3n) is 5.66. The molecule has 0 saturated carbocycles. The van der Waals surface area contributed by atoms with Crippen LogP contribution >= 0.6 is 0 Å². The van der Waals surface area contributed by atoms with Crippen LogP contribution in [-0.4, -0.2) is 46.4 Å². The molecular formula is C25H25FN4O3. The fourth-order valence-electron chi connectivity index (χ4n) is 3.89. The Bertz CT molecular complexity index is 1120. The first-order valence-electron chi connectivity index (χ1n) is 10.9. The van der Waals surface area contributed by atoms with Gasteiger partial charge in [-0.25, -0.2) is 4.39 Å². The molecule has 1 atom stereocenters. The number of nitrogens with zero attached hydrogens (tertiary/aromatic N) is 3. The number of aromatic nitrogens is 2. The summed E-state index contributed by atoms with van der Waals surface area (Å²) in [6.45, 7) is 1.32. The highest BCUT2D eigenvalue weighted by Gasteiger charge is 2.28. The largest absolute Gasteiger partial charge is 0.368 e. The van der Waals surface area contributed by atoms with Gasteiger partial charge >= 0.3 is 0 Å². The van der Waals surface area contributed by atoms with Gasteiger partial charge in [-0.3, -0.25) is 19.6 Å². The molecule has 0 spiro atoms. The molecule has 1 aliphatic rings. The van der Waals surface area contributed by atoms with Crippen molar-refractivity contribution in [2.24, 2.45) is 5.73 Å². The molecule has 2 amide bonds. The lowest BCUT2D eigenvalue weighted by Gasteiger charge is -2.33. The van der Waals surface area contributed by atoms with Crippen molar-refractivity contribution in [2.45, 2.75) is 25.4 Å². The van der Waals surface area contributed by atoms with E-state index in [9.17, 15) is 14.0 Å². The van der Waals surface area contributed by atoms with E-state index < -0.39 is 12.0 Å². The second-order valence-electron chi connectivity index (χ2n) is 7.91. The smallest absolute Gasteiger partial charge is 0.248 e. The number of primary amides is 1. The van der Waals surface area contributed by atoms with Crippen LogP contribution in [0.2, 0.25) is 0 Å². The molecule has 2 N–H and O–H groups in total. The van der Waals surface area contributed by atoms with Crippen molar-refractivity contribution in [1.29, 1.82) is 0 Å². The van der Waals surface area contributed by atoms with E-state index in [4.69, 9.17) is 10.5 Å². The normalized spacial score (nSPS) is 15.9. The Morgan fingerprint density at radius 2 is 1.79 bits per heavy atom. The number of amides is 2. The number of nitrogens with two attached hydrogens (primary N) is 1. The maximum atomic E-state index is 13.0. The molecule has 0 radical (unpaired) electrons. The number of halogens is 1. The van der Waals surface area contributed by atoms with E-state index >= 15 is 0 Å². The molecule has 8 heteroatoms. The molecule has 2 aromatic carbocycles. The van der Waals surface area contributed by atoms with Crippen molar-refractivity contribution < 1.29 is 18.7 Å². The van der Waals surface area contributed by atoms with E-state index in [1.165, 1.54) is 12.1 Å². The van der Waals surface area contributed by atoms with Gasteiger partial charge in [0.15, 0.2) is 0 Å². The van der Waals surface area contributed by atoms with E-state index in [2.05, 4.69) is 9.97 Å². The molecular weight excluding hydrogens is 423 g/mol. The molecule has 3 aromatic rings. The quantitative estimate of drug-likeness (QED) is 0.598. The van der Waals surface area contributed by atoms with Crippen LogP contribution < -0.4 is 5.73 Å². The number of morpholine rings is 1. The summed E-state index contributed by atoms with van der Waals surface area (Å²) in [5, 5.41) is 0. The van der Waals surface area contributed by atoms with Crippen LogP contribution in [0.4, 0.5) is 4.39 Å². The Morgan fingerprint density at radius 1 is 1.06 bits per heavy atom. The van der Waals surface area contributed by atoms with Crippen molar-refractivity contribution in [2.75, 3.05) is 19.7 Å². The van der Waals surface area contributed by atoms with Gasteiger partial charge in [0, 0.05) is 36.5 Å². The Kier molecular flexibility index (Phi) is 7.04. The maximum absolute atomic E-state index is 13.0. The summed E-state index contributed by atoms with van der Waals surface area (Å²) in [6.07, 6.45) is 4.61. The van der Waals surface area contributed by atoms with Crippen LogP contribution in [-0.2, 0) is 16.0 Å². The molecule has 170 valence electrons. The van der Waals surface area contributed by atoms with Crippen LogP contribution in [0.15, 0.2) is 60.9 Å². The first-order chi connectivity index (χ1) is 16.0. The van der Waals surface area contributed by atoms with Gasteiger partial charge < -0.3 is 15.4 Å². The molecule has 1 aliphatic heterocycles. The lowest BCUT2D eigenvalue weighted by Crippen LogP contribution is -2.42. The Balaban J connectivity index is 1.41. The van der Waals surface area contributed by atoms with Crippen molar-refractivity contribution >= 4 is 11.8 Å². The fourth-order valence-corrected chi connectivity index (χ4v) is 3.89. The van der Waals surface area contributed by atoms with Crippen molar-refractivity contribution in [3.05, 3.63) is 83.6 Å². The van der Waals surface area contributed by atoms with Gasteiger partial charge in [0.1, 0.15) is 11.9 Å². The van der Waals surface area contributed by atoms with Gasteiger partial charge in [0.25, 0.3) is 0 Å². The third kappa shape index (κ3) is 5.59. The summed E-state index contributed by atoms with van der Waals surface area (Å²) in [6, 6.07) is 13.2. The van der Waals surface area contributed by atoms with Gasteiger partial charge in [-0.05, 0) is 42.7 Å². The Morgan fingerprint density at radius 3 is 2.52 bits per heavy atom. The zero-order valence-electron chi connectivity index (χ0n) is 18.1. The molecule has 33 heavy (non-hydrogen) atoms. The van der Waals surface area contributed by atoms with Gasteiger partial charge in [-0.2, -0.15) is 0 Å². The minimum atomic E-state index is -0.495. The van der Waals surface area contributed by atoms with Crippen LogP contribution in [0.5, 0.6) is 0 Å². The monoisotopic (exact) mass is 448 g/mol. The summed E-state index contributed by atoms with van der Waals surface area (Å²) >= 11 is 0. The number of hydrogen-bond donors (Lipinski definition) is 1. The summed E-state index contributed by atoms with van der Waals surface area (Å²) < 4.78 is 19.0. The standard InChI is InChI=1S/C25H25FN4O3/c26-20-10-4-17(5-11-20)2-1-3-22(31)30-14-15-33-21(16-30)24-23(28-12-13-29-24)18-6-8-19(9-7-18)25(27)32/h4-13,21H,1-3,14-16H2,(H2,27,32)/t21-/m1/s1. The average Bonchev–Trinajstić information content (AvgIpc) is 2.85. The number of carbonyl (C=O) groups excluding carboxylic acids is 2. The van der Waals surface area contributed by atoms with E-state index in [0.717, 1.165) is 17.5 Å². The minimum absolute atomic E-state index is 0.0571. The number of rotatable bonds is 7. The number of aryl methyl sites for hydroxylation is 1. The summed E-state index contributed by atoms with van der Waals surface area (Å²) in [4.78, 5) is 34.9.